The molecule has 3 atom stereocenters. The third kappa shape index (κ3) is 1.89. The lowest BCUT2D eigenvalue weighted by Crippen LogP contribution is -2.40. The van der Waals surface area contributed by atoms with Gasteiger partial charge in [0, 0.05) is 18.1 Å². The Bertz CT molecular complexity index is 695. The van der Waals surface area contributed by atoms with E-state index in [-0.39, 0.29) is 5.92 Å². The van der Waals surface area contributed by atoms with Crippen molar-refractivity contribution in [3.05, 3.63) is 36.5 Å². The number of aliphatic carboxylic acids is 1. The van der Waals surface area contributed by atoms with Crippen LogP contribution in [0.5, 0.6) is 0 Å². The fourth-order valence-corrected chi connectivity index (χ4v) is 4.17. The highest BCUT2D eigenvalue weighted by molar-refractivity contribution is 5.94. The highest BCUT2D eigenvalue weighted by Gasteiger charge is 2.48. The third-order valence-electron chi connectivity index (χ3n) is 5.07. The minimum Gasteiger partial charge on any atom is -0.480 e. The van der Waals surface area contributed by atoms with Crippen LogP contribution in [-0.2, 0) is 4.79 Å². The van der Waals surface area contributed by atoms with Gasteiger partial charge in [0.2, 0.25) is 0 Å². The van der Waals surface area contributed by atoms with Gasteiger partial charge < -0.3 is 10.0 Å². The van der Waals surface area contributed by atoms with Crippen molar-refractivity contribution in [3.8, 4) is 0 Å². The van der Waals surface area contributed by atoms with Crippen LogP contribution in [0.3, 0.4) is 0 Å². The normalized spacial score (nSPS) is 28.0. The van der Waals surface area contributed by atoms with Crippen molar-refractivity contribution in [3.63, 3.8) is 0 Å². The predicted octanol–water partition coefficient (Wildman–Crippen LogP) is 2.92. The largest absolute Gasteiger partial charge is 0.480 e. The summed E-state index contributed by atoms with van der Waals surface area (Å²) >= 11 is 0. The van der Waals surface area contributed by atoms with Gasteiger partial charge in [0.05, 0.1) is 0 Å². The fourth-order valence-electron chi connectivity index (χ4n) is 4.17. The predicted molar refractivity (Wildman–Crippen MR) is 81.3 cm³/mol. The average Bonchev–Trinajstić information content (AvgIpc) is 3.06. The first-order chi connectivity index (χ1) is 10.3. The quantitative estimate of drug-likeness (QED) is 0.920. The Hall–Kier alpha value is -2.10. The van der Waals surface area contributed by atoms with E-state index < -0.39 is 12.0 Å². The van der Waals surface area contributed by atoms with Crippen LogP contribution in [0.15, 0.2) is 36.5 Å². The number of hydrogen-bond acceptors (Lipinski definition) is 3. The van der Waals surface area contributed by atoms with Gasteiger partial charge in [-0.2, -0.15) is 0 Å². The summed E-state index contributed by atoms with van der Waals surface area (Å²) in [4.78, 5) is 18.3. The maximum atomic E-state index is 11.8. The average molecular weight is 282 g/mol. The molecule has 0 spiro atoms. The van der Waals surface area contributed by atoms with Crippen molar-refractivity contribution >= 4 is 22.6 Å². The highest BCUT2D eigenvalue weighted by Crippen LogP contribution is 2.44. The van der Waals surface area contributed by atoms with Crippen LogP contribution in [0.2, 0.25) is 0 Å². The fraction of sp³-hybridized carbons (Fsp3) is 0.412. The zero-order valence-corrected chi connectivity index (χ0v) is 11.8. The van der Waals surface area contributed by atoms with Crippen molar-refractivity contribution < 1.29 is 9.90 Å². The van der Waals surface area contributed by atoms with Gasteiger partial charge >= 0.3 is 5.97 Å². The molecule has 1 N–H and O–H groups in total. The minimum absolute atomic E-state index is 0.281. The first kappa shape index (κ1) is 12.6. The van der Waals surface area contributed by atoms with Gasteiger partial charge in [-0.25, -0.2) is 9.78 Å². The third-order valence-corrected chi connectivity index (χ3v) is 5.07. The van der Waals surface area contributed by atoms with Gasteiger partial charge in [0.15, 0.2) is 0 Å². The molecule has 1 aromatic heterocycles. The standard InChI is InChI=1S/C17H18N2O2/c20-17(21)15-13-7-3-5-12(13)10-19(15)16-14-6-2-1-4-11(14)8-9-18-16/h1-2,4,6,8-9,12-13,15H,3,5,7,10H2,(H,20,21). The number of aromatic nitrogens is 1. The number of benzene rings is 1. The van der Waals surface area contributed by atoms with Gasteiger partial charge in [-0.3, -0.25) is 0 Å². The van der Waals surface area contributed by atoms with E-state index in [0.717, 1.165) is 42.4 Å². The summed E-state index contributed by atoms with van der Waals surface area (Å²) in [6.45, 7) is 0.822. The smallest absolute Gasteiger partial charge is 0.326 e. The molecule has 1 saturated heterocycles. The molecule has 108 valence electrons. The van der Waals surface area contributed by atoms with Crippen LogP contribution in [-0.4, -0.2) is 28.6 Å². The molecule has 2 aromatic rings. The second-order valence-electron chi connectivity index (χ2n) is 6.15. The SMILES string of the molecule is O=C(O)C1C2CCCC2CN1c1nccc2ccccc12. The van der Waals surface area contributed by atoms with Crippen molar-refractivity contribution in [2.24, 2.45) is 11.8 Å². The lowest BCUT2D eigenvalue weighted by Gasteiger charge is -2.26. The summed E-state index contributed by atoms with van der Waals surface area (Å²) in [5.41, 5.74) is 0. The van der Waals surface area contributed by atoms with Crippen LogP contribution in [0.1, 0.15) is 19.3 Å². The molecular weight excluding hydrogens is 264 g/mol. The summed E-state index contributed by atoms with van der Waals surface area (Å²) in [5, 5.41) is 11.9. The van der Waals surface area contributed by atoms with Gasteiger partial charge in [0.1, 0.15) is 11.9 Å². The topological polar surface area (TPSA) is 53.4 Å². The van der Waals surface area contributed by atoms with E-state index >= 15 is 0 Å². The maximum absolute atomic E-state index is 11.8. The van der Waals surface area contributed by atoms with E-state index in [0.29, 0.717) is 5.92 Å². The monoisotopic (exact) mass is 282 g/mol. The molecule has 2 aliphatic rings. The Morgan fingerprint density at radius 3 is 2.95 bits per heavy atom. The zero-order chi connectivity index (χ0) is 14.4. The summed E-state index contributed by atoms with van der Waals surface area (Å²) < 4.78 is 0. The molecule has 1 saturated carbocycles. The molecule has 21 heavy (non-hydrogen) atoms. The number of carboxylic acid groups (broad SMARTS) is 1. The number of anilines is 1. The number of nitrogens with zero attached hydrogens (tertiary/aromatic N) is 2. The van der Waals surface area contributed by atoms with Crippen LogP contribution in [0, 0.1) is 11.8 Å². The van der Waals surface area contributed by atoms with E-state index in [1.54, 1.807) is 6.20 Å². The number of pyridine rings is 1. The Kier molecular flexibility index (Phi) is 2.84. The minimum atomic E-state index is -0.709. The summed E-state index contributed by atoms with van der Waals surface area (Å²) in [5.74, 6) is 0.907. The molecule has 1 aromatic carbocycles. The van der Waals surface area contributed by atoms with Crippen LogP contribution < -0.4 is 4.90 Å². The first-order valence-electron chi connectivity index (χ1n) is 7.59. The van der Waals surface area contributed by atoms with Gasteiger partial charge in [0.25, 0.3) is 0 Å². The molecule has 2 heterocycles. The number of carboxylic acids is 1. The van der Waals surface area contributed by atoms with Crippen LogP contribution in [0.4, 0.5) is 5.82 Å². The van der Waals surface area contributed by atoms with E-state index in [9.17, 15) is 9.90 Å². The summed E-state index contributed by atoms with van der Waals surface area (Å²) in [7, 11) is 0. The molecular formula is C17H18N2O2. The van der Waals surface area contributed by atoms with Crippen molar-refractivity contribution in [2.45, 2.75) is 25.3 Å². The zero-order valence-electron chi connectivity index (χ0n) is 11.8. The van der Waals surface area contributed by atoms with Crippen molar-refractivity contribution in [1.29, 1.82) is 0 Å². The number of fused-ring (bicyclic) bond motifs is 2. The van der Waals surface area contributed by atoms with Gasteiger partial charge in [-0.1, -0.05) is 30.7 Å². The molecule has 1 aliphatic heterocycles. The Morgan fingerprint density at radius 1 is 1.24 bits per heavy atom. The Morgan fingerprint density at radius 2 is 2.10 bits per heavy atom. The molecule has 4 heteroatoms. The molecule has 3 unspecified atom stereocenters. The van der Waals surface area contributed by atoms with Gasteiger partial charge in [-0.05, 0) is 36.1 Å². The molecule has 2 fully saturated rings. The number of hydrogen-bond donors (Lipinski definition) is 1. The number of carbonyl (C=O) groups is 1. The Balaban J connectivity index is 1.82. The van der Waals surface area contributed by atoms with Crippen LogP contribution >= 0.6 is 0 Å². The maximum Gasteiger partial charge on any atom is 0.326 e. The molecule has 0 radical (unpaired) electrons. The molecule has 0 amide bonds. The molecule has 4 rings (SSSR count). The summed E-state index contributed by atoms with van der Waals surface area (Å²) in [6.07, 6.45) is 5.12. The number of rotatable bonds is 2. The van der Waals surface area contributed by atoms with E-state index in [2.05, 4.69) is 4.98 Å². The summed E-state index contributed by atoms with van der Waals surface area (Å²) in [6, 6.07) is 9.62. The van der Waals surface area contributed by atoms with E-state index in [1.165, 1.54) is 0 Å². The molecule has 4 nitrogen and oxygen atoms in total. The lowest BCUT2D eigenvalue weighted by molar-refractivity contribution is -0.139. The molecule has 0 bridgehead atoms. The van der Waals surface area contributed by atoms with E-state index in [1.807, 2.05) is 35.2 Å². The highest BCUT2D eigenvalue weighted by atomic mass is 16.4. The molecule has 1 aliphatic carbocycles. The van der Waals surface area contributed by atoms with Crippen molar-refractivity contribution in [1.82, 2.24) is 4.98 Å². The van der Waals surface area contributed by atoms with Crippen molar-refractivity contribution in [2.75, 3.05) is 11.4 Å². The van der Waals surface area contributed by atoms with Gasteiger partial charge in [-0.15, -0.1) is 0 Å². The first-order valence-corrected chi connectivity index (χ1v) is 7.59. The second-order valence-corrected chi connectivity index (χ2v) is 6.15. The van der Waals surface area contributed by atoms with Crippen LogP contribution in [0.25, 0.3) is 10.8 Å². The lowest BCUT2D eigenvalue weighted by atomic mass is 9.94. The Labute approximate surface area is 123 Å². The van der Waals surface area contributed by atoms with E-state index in [4.69, 9.17) is 0 Å². The second kappa shape index (κ2) is 4.72.